The predicted octanol–water partition coefficient (Wildman–Crippen LogP) is 4.57. The standard InChI is InChI=1S/C18H20BrNO2S/c1-13(15-5-9-17(22-2)10-6-15)20-18(21)12-23-11-14-3-7-16(19)8-4-14/h3-10,13H,11-12H2,1-2H3,(H,20,21)/t13-/m1/s1. The Morgan fingerprint density at radius 3 is 2.43 bits per heavy atom. The van der Waals surface area contributed by atoms with Gasteiger partial charge in [-0.05, 0) is 42.3 Å². The maximum atomic E-state index is 12.0. The summed E-state index contributed by atoms with van der Waals surface area (Å²) in [5, 5.41) is 3.02. The molecule has 0 aliphatic rings. The lowest BCUT2D eigenvalue weighted by Crippen LogP contribution is -2.28. The van der Waals surface area contributed by atoms with Crippen molar-refractivity contribution in [3.05, 3.63) is 64.1 Å². The number of carbonyl (C=O) groups excluding carboxylic acids is 1. The summed E-state index contributed by atoms with van der Waals surface area (Å²) >= 11 is 5.03. The highest BCUT2D eigenvalue weighted by molar-refractivity contribution is 9.10. The molecule has 2 aromatic carbocycles. The zero-order valence-corrected chi connectivity index (χ0v) is 15.6. The summed E-state index contributed by atoms with van der Waals surface area (Å²) in [6.07, 6.45) is 0. The number of ether oxygens (including phenoxy) is 1. The predicted molar refractivity (Wildman–Crippen MR) is 99.9 cm³/mol. The molecule has 0 radical (unpaired) electrons. The molecular weight excluding hydrogens is 374 g/mol. The second-order valence-corrected chi connectivity index (χ2v) is 7.08. The van der Waals surface area contributed by atoms with Gasteiger partial charge in [0.15, 0.2) is 0 Å². The summed E-state index contributed by atoms with van der Waals surface area (Å²) < 4.78 is 6.21. The van der Waals surface area contributed by atoms with Gasteiger partial charge in [0, 0.05) is 10.2 Å². The van der Waals surface area contributed by atoms with E-state index < -0.39 is 0 Å². The molecular formula is C18H20BrNO2S. The Labute approximate surface area is 149 Å². The van der Waals surface area contributed by atoms with E-state index in [0.29, 0.717) is 5.75 Å². The van der Waals surface area contributed by atoms with Crippen molar-refractivity contribution in [2.24, 2.45) is 0 Å². The van der Waals surface area contributed by atoms with Crippen molar-refractivity contribution in [2.75, 3.05) is 12.9 Å². The molecule has 0 aliphatic carbocycles. The lowest BCUT2D eigenvalue weighted by molar-refractivity contribution is -0.119. The van der Waals surface area contributed by atoms with Gasteiger partial charge in [-0.2, -0.15) is 0 Å². The first-order chi connectivity index (χ1) is 11.1. The van der Waals surface area contributed by atoms with Crippen LogP contribution in [0.15, 0.2) is 53.0 Å². The van der Waals surface area contributed by atoms with Crippen LogP contribution < -0.4 is 10.1 Å². The smallest absolute Gasteiger partial charge is 0.230 e. The molecule has 1 N–H and O–H groups in total. The fourth-order valence-corrected chi connectivity index (χ4v) is 3.16. The average Bonchev–Trinajstić information content (AvgIpc) is 2.56. The van der Waals surface area contributed by atoms with Crippen molar-refractivity contribution in [2.45, 2.75) is 18.7 Å². The van der Waals surface area contributed by atoms with Crippen molar-refractivity contribution in [1.29, 1.82) is 0 Å². The summed E-state index contributed by atoms with van der Waals surface area (Å²) in [6, 6.07) is 15.9. The van der Waals surface area contributed by atoms with Crippen LogP contribution in [-0.4, -0.2) is 18.8 Å². The number of halogens is 1. The maximum absolute atomic E-state index is 12.0. The third-order valence-electron chi connectivity index (χ3n) is 3.41. The minimum absolute atomic E-state index is 0.0123. The van der Waals surface area contributed by atoms with Crippen molar-refractivity contribution < 1.29 is 9.53 Å². The van der Waals surface area contributed by atoms with E-state index in [0.717, 1.165) is 21.5 Å². The van der Waals surface area contributed by atoms with E-state index in [1.807, 2.05) is 43.3 Å². The van der Waals surface area contributed by atoms with Crippen LogP contribution in [0.25, 0.3) is 0 Å². The van der Waals surface area contributed by atoms with Crippen LogP contribution in [0.3, 0.4) is 0 Å². The first-order valence-corrected chi connectivity index (χ1v) is 9.29. The summed E-state index contributed by atoms with van der Waals surface area (Å²) in [6.45, 7) is 1.99. The molecule has 2 rings (SSSR count). The van der Waals surface area contributed by atoms with Gasteiger partial charge in [-0.15, -0.1) is 11.8 Å². The number of hydrogen-bond acceptors (Lipinski definition) is 3. The van der Waals surface area contributed by atoms with E-state index in [1.165, 1.54) is 5.56 Å². The van der Waals surface area contributed by atoms with Crippen LogP contribution in [0.2, 0.25) is 0 Å². The summed E-state index contributed by atoms with van der Waals surface area (Å²) in [7, 11) is 1.64. The van der Waals surface area contributed by atoms with Crippen LogP contribution in [0, 0.1) is 0 Å². The number of thioether (sulfide) groups is 1. The topological polar surface area (TPSA) is 38.3 Å². The Bertz CT molecular complexity index is 628. The van der Waals surface area contributed by atoms with E-state index in [9.17, 15) is 4.79 Å². The Balaban J connectivity index is 1.76. The molecule has 23 heavy (non-hydrogen) atoms. The molecule has 5 heteroatoms. The molecule has 0 bridgehead atoms. The number of amides is 1. The van der Waals surface area contributed by atoms with Crippen LogP contribution >= 0.6 is 27.7 Å². The van der Waals surface area contributed by atoms with E-state index in [4.69, 9.17) is 4.74 Å². The van der Waals surface area contributed by atoms with Crippen LogP contribution in [0.1, 0.15) is 24.1 Å². The van der Waals surface area contributed by atoms with E-state index >= 15 is 0 Å². The zero-order valence-electron chi connectivity index (χ0n) is 13.2. The van der Waals surface area contributed by atoms with Gasteiger partial charge in [0.25, 0.3) is 0 Å². The van der Waals surface area contributed by atoms with E-state index in [-0.39, 0.29) is 11.9 Å². The second-order valence-electron chi connectivity index (χ2n) is 5.18. The minimum Gasteiger partial charge on any atom is -0.497 e. The third kappa shape index (κ3) is 5.92. The number of nitrogens with one attached hydrogen (secondary N) is 1. The van der Waals surface area contributed by atoms with Crippen LogP contribution in [-0.2, 0) is 10.5 Å². The Morgan fingerprint density at radius 2 is 1.83 bits per heavy atom. The number of carbonyl (C=O) groups is 1. The summed E-state index contributed by atoms with van der Waals surface area (Å²) in [4.78, 5) is 12.0. The SMILES string of the molecule is COc1ccc([C@@H](C)NC(=O)CSCc2ccc(Br)cc2)cc1. The highest BCUT2D eigenvalue weighted by atomic mass is 79.9. The normalized spacial score (nSPS) is 11.8. The molecule has 0 aliphatic heterocycles. The van der Waals surface area contributed by atoms with Crippen LogP contribution in [0.5, 0.6) is 5.75 Å². The lowest BCUT2D eigenvalue weighted by atomic mass is 10.1. The zero-order chi connectivity index (χ0) is 16.7. The second kappa shape index (κ2) is 8.99. The molecule has 1 atom stereocenters. The van der Waals surface area contributed by atoms with Gasteiger partial charge in [-0.1, -0.05) is 40.2 Å². The Morgan fingerprint density at radius 1 is 1.17 bits per heavy atom. The minimum atomic E-state index is -0.0123. The average molecular weight is 394 g/mol. The third-order valence-corrected chi connectivity index (χ3v) is 4.94. The summed E-state index contributed by atoms with van der Waals surface area (Å²) in [5.74, 6) is 2.15. The highest BCUT2D eigenvalue weighted by Crippen LogP contribution is 2.18. The molecule has 3 nitrogen and oxygen atoms in total. The molecule has 0 saturated carbocycles. The van der Waals surface area contributed by atoms with Crippen molar-refractivity contribution in [3.63, 3.8) is 0 Å². The quantitative estimate of drug-likeness (QED) is 0.748. The molecule has 122 valence electrons. The molecule has 0 heterocycles. The van der Waals surface area contributed by atoms with Gasteiger partial charge in [0.1, 0.15) is 5.75 Å². The van der Waals surface area contributed by atoms with Gasteiger partial charge in [-0.3, -0.25) is 4.79 Å². The monoisotopic (exact) mass is 393 g/mol. The Kier molecular flexibility index (Phi) is 6.99. The summed E-state index contributed by atoms with van der Waals surface area (Å²) in [5.41, 5.74) is 2.28. The fraction of sp³-hybridized carbons (Fsp3) is 0.278. The molecule has 0 spiro atoms. The van der Waals surface area contributed by atoms with Gasteiger partial charge >= 0.3 is 0 Å². The number of hydrogen-bond donors (Lipinski definition) is 1. The Hall–Kier alpha value is -1.46. The lowest BCUT2D eigenvalue weighted by Gasteiger charge is -2.14. The van der Waals surface area contributed by atoms with Gasteiger partial charge in [0.05, 0.1) is 18.9 Å². The molecule has 0 unspecified atom stereocenters. The molecule has 2 aromatic rings. The van der Waals surface area contributed by atoms with Crippen molar-refractivity contribution in [1.82, 2.24) is 5.32 Å². The maximum Gasteiger partial charge on any atom is 0.230 e. The molecule has 0 saturated heterocycles. The van der Waals surface area contributed by atoms with E-state index in [1.54, 1.807) is 18.9 Å². The first-order valence-electron chi connectivity index (χ1n) is 7.34. The number of benzene rings is 2. The first kappa shape index (κ1) is 17.9. The fourth-order valence-electron chi connectivity index (χ4n) is 2.10. The van der Waals surface area contributed by atoms with E-state index in [2.05, 4.69) is 33.4 Å². The number of methoxy groups -OCH3 is 1. The van der Waals surface area contributed by atoms with Gasteiger partial charge < -0.3 is 10.1 Å². The van der Waals surface area contributed by atoms with Crippen LogP contribution in [0.4, 0.5) is 0 Å². The largest absolute Gasteiger partial charge is 0.497 e. The van der Waals surface area contributed by atoms with Gasteiger partial charge in [-0.25, -0.2) is 0 Å². The van der Waals surface area contributed by atoms with Gasteiger partial charge in [0.2, 0.25) is 5.91 Å². The molecule has 1 amide bonds. The van der Waals surface area contributed by atoms with Crippen molar-refractivity contribution >= 4 is 33.6 Å². The molecule has 0 fully saturated rings. The highest BCUT2D eigenvalue weighted by Gasteiger charge is 2.09. The molecule has 0 aromatic heterocycles. The van der Waals surface area contributed by atoms with Crippen molar-refractivity contribution in [3.8, 4) is 5.75 Å². The number of rotatable bonds is 7.